The number of rotatable bonds is 5. The molecule has 1 aliphatic heterocycles. The lowest BCUT2D eigenvalue weighted by Crippen LogP contribution is -2.41. The van der Waals surface area contributed by atoms with Crippen LogP contribution < -0.4 is 0 Å². The van der Waals surface area contributed by atoms with Crippen LogP contribution in [0.3, 0.4) is 0 Å². The minimum Gasteiger partial charge on any atom is -0.400 e. The van der Waals surface area contributed by atoms with Gasteiger partial charge in [-0.05, 0) is 47.0 Å². The van der Waals surface area contributed by atoms with Gasteiger partial charge in [0.05, 0.1) is 11.2 Å². The molecule has 0 radical (unpaired) electrons. The first-order chi connectivity index (χ1) is 9.14. The summed E-state index contributed by atoms with van der Waals surface area (Å²) >= 11 is 0. The number of nitroso groups, excluding NO2 is 1. The van der Waals surface area contributed by atoms with Crippen LogP contribution in [0, 0.1) is 4.91 Å². The van der Waals surface area contributed by atoms with Crippen LogP contribution in [0.2, 0.25) is 0 Å². The van der Waals surface area contributed by atoms with Gasteiger partial charge in [0.2, 0.25) is 5.70 Å². The predicted molar refractivity (Wildman–Crippen MR) is 82.4 cm³/mol. The van der Waals surface area contributed by atoms with E-state index in [1.165, 1.54) is 0 Å². The maximum absolute atomic E-state index is 11.6. The van der Waals surface area contributed by atoms with Crippen molar-refractivity contribution < 1.29 is 14.1 Å². The Morgan fingerprint density at radius 1 is 1.10 bits per heavy atom. The zero-order valence-corrected chi connectivity index (χ0v) is 13.8. The van der Waals surface area contributed by atoms with E-state index in [9.17, 15) is 4.91 Å². The Labute approximate surface area is 122 Å². The fourth-order valence-corrected chi connectivity index (χ4v) is 1.92. The van der Waals surface area contributed by atoms with Crippen molar-refractivity contribution in [3.63, 3.8) is 0 Å². The minimum atomic E-state index is -0.351. The second-order valence-corrected chi connectivity index (χ2v) is 6.21. The molecule has 5 heteroatoms. The maximum Gasteiger partial charge on any atom is 0.490 e. The summed E-state index contributed by atoms with van der Waals surface area (Å²) in [7, 11) is -0.351. The third-order valence-electron chi connectivity index (χ3n) is 4.13. The number of hydrogen-bond donors (Lipinski definition) is 0. The second-order valence-electron chi connectivity index (χ2n) is 6.21. The Kier molecular flexibility index (Phi) is 5.33. The quantitative estimate of drug-likeness (QED) is 0.438. The molecule has 0 aliphatic carbocycles. The summed E-state index contributed by atoms with van der Waals surface area (Å²) in [5, 5.41) is 0. The van der Waals surface area contributed by atoms with Crippen LogP contribution >= 0.6 is 0 Å². The van der Waals surface area contributed by atoms with E-state index in [1.807, 2.05) is 60.6 Å². The Balaban J connectivity index is 2.86. The van der Waals surface area contributed by atoms with Crippen molar-refractivity contribution in [2.45, 2.75) is 66.1 Å². The van der Waals surface area contributed by atoms with Gasteiger partial charge in [-0.1, -0.05) is 13.0 Å². The van der Waals surface area contributed by atoms with E-state index in [-0.39, 0.29) is 18.3 Å². The van der Waals surface area contributed by atoms with Gasteiger partial charge in [-0.2, -0.15) is 0 Å². The molecule has 4 nitrogen and oxygen atoms in total. The largest absolute Gasteiger partial charge is 0.490 e. The standard InChI is InChI=1S/C15H27BNO3/c1-8-13(17(18)9-2)11-10-12(3)16-19-14(4,5)15(6,7)20-16/h10-11H,8-9H2,1-7H3/q+1. The third-order valence-corrected chi connectivity index (χ3v) is 4.13. The molecule has 0 aromatic heterocycles. The summed E-state index contributed by atoms with van der Waals surface area (Å²) in [4.78, 5) is 11.6. The minimum absolute atomic E-state index is 0.335. The topological polar surface area (TPSA) is 38.5 Å². The number of nitrogens with zero attached hydrogens (tertiary/aromatic N) is 1. The van der Waals surface area contributed by atoms with Gasteiger partial charge >= 0.3 is 7.12 Å². The molecular weight excluding hydrogens is 253 g/mol. The molecule has 0 unspecified atom stereocenters. The fourth-order valence-electron chi connectivity index (χ4n) is 1.92. The van der Waals surface area contributed by atoms with Gasteiger partial charge in [0, 0.05) is 22.2 Å². The van der Waals surface area contributed by atoms with Crippen LogP contribution in [0.4, 0.5) is 0 Å². The molecule has 1 heterocycles. The molecule has 0 bridgehead atoms. The first-order valence-electron chi connectivity index (χ1n) is 7.32. The molecule has 0 saturated carbocycles. The number of hydrogen-bond acceptors (Lipinski definition) is 3. The highest BCUT2D eigenvalue weighted by atomic mass is 16.7. The third kappa shape index (κ3) is 3.58. The summed E-state index contributed by atoms with van der Waals surface area (Å²) in [5.41, 5.74) is 1.07. The van der Waals surface area contributed by atoms with Crippen molar-refractivity contribution in [2.24, 2.45) is 0 Å². The van der Waals surface area contributed by atoms with Gasteiger partial charge < -0.3 is 9.31 Å². The van der Waals surface area contributed by atoms with E-state index in [0.717, 1.165) is 15.9 Å². The van der Waals surface area contributed by atoms with Crippen molar-refractivity contribution >= 4 is 7.12 Å². The highest BCUT2D eigenvalue weighted by molar-refractivity contribution is 6.54. The highest BCUT2D eigenvalue weighted by Crippen LogP contribution is 2.38. The average Bonchev–Trinajstić information content (AvgIpc) is 2.58. The van der Waals surface area contributed by atoms with E-state index in [1.54, 1.807) is 0 Å². The first kappa shape index (κ1) is 17.1. The lowest BCUT2D eigenvalue weighted by atomic mass is 9.79. The van der Waals surface area contributed by atoms with Gasteiger partial charge in [-0.3, -0.25) is 0 Å². The summed E-state index contributed by atoms with van der Waals surface area (Å²) < 4.78 is 12.9. The van der Waals surface area contributed by atoms with E-state index in [2.05, 4.69) is 0 Å². The molecule has 1 rings (SSSR count). The van der Waals surface area contributed by atoms with Crippen molar-refractivity contribution in [3.05, 3.63) is 28.2 Å². The van der Waals surface area contributed by atoms with E-state index >= 15 is 0 Å². The van der Waals surface area contributed by atoms with Gasteiger partial charge in [0.15, 0.2) is 6.54 Å². The summed E-state index contributed by atoms with van der Waals surface area (Å²) in [6.45, 7) is 14.4. The van der Waals surface area contributed by atoms with E-state index in [0.29, 0.717) is 13.0 Å². The molecule has 0 spiro atoms. The molecule has 112 valence electrons. The Bertz CT molecular complexity index is 422. The van der Waals surface area contributed by atoms with Crippen molar-refractivity contribution in [1.82, 2.24) is 0 Å². The average molecular weight is 280 g/mol. The molecule has 20 heavy (non-hydrogen) atoms. The summed E-state index contributed by atoms with van der Waals surface area (Å²) in [5.74, 6) is 0. The van der Waals surface area contributed by atoms with Crippen LogP contribution in [0.15, 0.2) is 23.3 Å². The molecular formula is C15H27BNO3+. The lowest BCUT2D eigenvalue weighted by Gasteiger charge is -2.32. The Hall–Kier alpha value is -0.935. The monoisotopic (exact) mass is 280 g/mol. The fraction of sp³-hybridized carbons (Fsp3) is 0.733. The van der Waals surface area contributed by atoms with Gasteiger partial charge in [-0.15, -0.1) is 0 Å². The zero-order chi connectivity index (χ0) is 15.6. The molecule has 1 aliphatic rings. The SMILES string of the molecule is CCC(=CC=C(C)B1OC(C)(C)C(C)(C)O1)[N+](=O)CC. The van der Waals surface area contributed by atoms with E-state index in [4.69, 9.17) is 9.31 Å². The molecule has 0 aromatic carbocycles. The Morgan fingerprint density at radius 2 is 1.60 bits per heavy atom. The number of allylic oxidation sites excluding steroid dienone is 4. The van der Waals surface area contributed by atoms with Crippen LogP contribution in [0.5, 0.6) is 0 Å². The van der Waals surface area contributed by atoms with E-state index < -0.39 is 0 Å². The van der Waals surface area contributed by atoms with Gasteiger partial charge in [-0.25, -0.2) is 0 Å². The zero-order valence-electron chi connectivity index (χ0n) is 13.8. The maximum atomic E-state index is 11.6. The molecule has 0 amide bonds. The Morgan fingerprint density at radius 3 is 2.00 bits per heavy atom. The highest BCUT2D eigenvalue weighted by Gasteiger charge is 2.51. The summed E-state index contributed by atoms with van der Waals surface area (Å²) in [6, 6.07) is 0. The summed E-state index contributed by atoms with van der Waals surface area (Å²) in [6.07, 6.45) is 4.49. The predicted octanol–water partition coefficient (Wildman–Crippen LogP) is 3.66. The molecule has 1 saturated heterocycles. The van der Waals surface area contributed by atoms with Crippen LogP contribution in [-0.2, 0) is 9.31 Å². The lowest BCUT2D eigenvalue weighted by molar-refractivity contribution is -0.497. The smallest absolute Gasteiger partial charge is 0.400 e. The molecule has 0 N–H and O–H groups in total. The van der Waals surface area contributed by atoms with Crippen LogP contribution in [0.25, 0.3) is 0 Å². The molecule has 1 fully saturated rings. The molecule has 0 atom stereocenters. The second kappa shape index (κ2) is 6.23. The normalized spacial score (nSPS) is 22.2. The van der Waals surface area contributed by atoms with Crippen molar-refractivity contribution in [3.8, 4) is 0 Å². The van der Waals surface area contributed by atoms with Gasteiger partial charge in [0.1, 0.15) is 0 Å². The molecule has 0 aromatic rings. The van der Waals surface area contributed by atoms with Crippen molar-refractivity contribution in [1.29, 1.82) is 0 Å². The van der Waals surface area contributed by atoms with Crippen LogP contribution in [0.1, 0.15) is 54.9 Å². The first-order valence-corrected chi connectivity index (χ1v) is 7.32. The van der Waals surface area contributed by atoms with Crippen LogP contribution in [-0.4, -0.2) is 29.6 Å². The van der Waals surface area contributed by atoms with Crippen molar-refractivity contribution in [2.75, 3.05) is 6.54 Å². The van der Waals surface area contributed by atoms with Gasteiger partial charge in [0.25, 0.3) is 0 Å².